The summed E-state index contributed by atoms with van der Waals surface area (Å²) in [5.41, 5.74) is 1.85. The van der Waals surface area contributed by atoms with Crippen LogP contribution in [0.15, 0.2) is 42.6 Å². The SMILES string of the molecule is COc1ccc(CN2CC[C@@H](NC(=O)NCc3cccc(F)c3)C2)cn1. The first-order valence-corrected chi connectivity index (χ1v) is 8.62. The Labute approximate surface area is 152 Å². The van der Waals surface area contributed by atoms with Crippen molar-refractivity contribution >= 4 is 6.03 Å². The second kappa shape index (κ2) is 8.62. The van der Waals surface area contributed by atoms with E-state index in [0.717, 1.165) is 37.2 Å². The third-order valence-corrected chi connectivity index (χ3v) is 4.36. The molecule has 1 aliphatic rings. The van der Waals surface area contributed by atoms with Crippen LogP contribution in [0.3, 0.4) is 0 Å². The Hall–Kier alpha value is -2.67. The zero-order valence-electron chi connectivity index (χ0n) is 14.7. The number of benzene rings is 1. The number of nitrogens with zero attached hydrogens (tertiary/aromatic N) is 2. The largest absolute Gasteiger partial charge is 0.481 e. The first-order chi connectivity index (χ1) is 12.6. The fourth-order valence-corrected chi connectivity index (χ4v) is 3.04. The maximum absolute atomic E-state index is 13.1. The van der Waals surface area contributed by atoms with E-state index < -0.39 is 0 Å². The number of nitrogens with one attached hydrogen (secondary N) is 2. The van der Waals surface area contributed by atoms with Crippen molar-refractivity contribution < 1.29 is 13.9 Å². The zero-order valence-corrected chi connectivity index (χ0v) is 14.7. The number of rotatable bonds is 6. The van der Waals surface area contributed by atoms with E-state index in [2.05, 4.69) is 20.5 Å². The number of hydrogen-bond donors (Lipinski definition) is 2. The van der Waals surface area contributed by atoms with Crippen LogP contribution in [0, 0.1) is 5.82 Å². The molecule has 2 N–H and O–H groups in total. The van der Waals surface area contributed by atoms with Gasteiger partial charge in [-0.25, -0.2) is 14.2 Å². The summed E-state index contributed by atoms with van der Waals surface area (Å²) in [7, 11) is 1.60. The summed E-state index contributed by atoms with van der Waals surface area (Å²) in [4.78, 5) is 18.5. The van der Waals surface area contributed by atoms with Crippen molar-refractivity contribution in [2.45, 2.75) is 25.6 Å². The van der Waals surface area contributed by atoms with Crippen molar-refractivity contribution in [3.63, 3.8) is 0 Å². The van der Waals surface area contributed by atoms with Crippen LogP contribution in [0.2, 0.25) is 0 Å². The number of urea groups is 1. The van der Waals surface area contributed by atoms with Crippen LogP contribution in [0.4, 0.5) is 9.18 Å². The quantitative estimate of drug-likeness (QED) is 0.832. The summed E-state index contributed by atoms with van der Waals surface area (Å²) in [6.07, 6.45) is 2.71. The average molecular weight is 358 g/mol. The number of aromatic nitrogens is 1. The third-order valence-electron chi connectivity index (χ3n) is 4.36. The highest BCUT2D eigenvalue weighted by Gasteiger charge is 2.23. The molecule has 138 valence electrons. The van der Waals surface area contributed by atoms with E-state index in [1.165, 1.54) is 12.1 Å². The lowest BCUT2D eigenvalue weighted by Gasteiger charge is -2.17. The molecule has 2 heterocycles. The van der Waals surface area contributed by atoms with Crippen LogP contribution < -0.4 is 15.4 Å². The zero-order chi connectivity index (χ0) is 18.4. The lowest BCUT2D eigenvalue weighted by molar-refractivity contribution is 0.235. The van der Waals surface area contributed by atoms with Gasteiger partial charge in [0.1, 0.15) is 5.82 Å². The second-order valence-electron chi connectivity index (χ2n) is 6.39. The van der Waals surface area contributed by atoms with Crippen LogP contribution in [-0.2, 0) is 13.1 Å². The highest BCUT2D eigenvalue weighted by molar-refractivity contribution is 5.74. The molecule has 7 heteroatoms. The van der Waals surface area contributed by atoms with Crippen LogP contribution in [0.5, 0.6) is 5.88 Å². The van der Waals surface area contributed by atoms with E-state index in [4.69, 9.17) is 4.74 Å². The summed E-state index contributed by atoms with van der Waals surface area (Å²) in [6.45, 7) is 2.80. The summed E-state index contributed by atoms with van der Waals surface area (Å²) in [5, 5.41) is 5.75. The van der Waals surface area contributed by atoms with E-state index >= 15 is 0 Å². The maximum Gasteiger partial charge on any atom is 0.315 e. The molecule has 1 aromatic carbocycles. The number of likely N-dealkylation sites (tertiary alicyclic amines) is 1. The van der Waals surface area contributed by atoms with Crippen molar-refractivity contribution in [1.82, 2.24) is 20.5 Å². The highest BCUT2D eigenvalue weighted by atomic mass is 19.1. The number of pyridine rings is 1. The van der Waals surface area contributed by atoms with Crippen LogP contribution in [-0.4, -0.2) is 42.2 Å². The first kappa shape index (κ1) is 18.1. The lowest BCUT2D eigenvalue weighted by atomic mass is 10.2. The maximum atomic E-state index is 13.1. The van der Waals surface area contributed by atoms with Crippen LogP contribution in [0.25, 0.3) is 0 Å². The summed E-state index contributed by atoms with van der Waals surface area (Å²) in [6, 6.07) is 9.94. The van der Waals surface area contributed by atoms with Gasteiger partial charge in [0, 0.05) is 44.5 Å². The van der Waals surface area contributed by atoms with Gasteiger partial charge in [-0.2, -0.15) is 0 Å². The number of carbonyl (C=O) groups is 1. The lowest BCUT2D eigenvalue weighted by Crippen LogP contribution is -2.43. The van der Waals surface area contributed by atoms with Gasteiger partial charge in [0.15, 0.2) is 0 Å². The normalized spacial score (nSPS) is 17.1. The van der Waals surface area contributed by atoms with E-state index in [9.17, 15) is 9.18 Å². The van der Waals surface area contributed by atoms with Crippen molar-refractivity contribution in [3.8, 4) is 5.88 Å². The molecule has 1 fully saturated rings. The molecule has 0 spiro atoms. The van der Waals surface area contributed by atoms with Crippen molar-refractivity contribution in [2.75, 3.05) is 20.2 Å². The van der Waals surface area contributed by atoms with Crippen LogP contribution in [0.1, 0.15) is 17.5 Å². The molecular weight excluding hydrogens is 335 g/mol. The molecule has 2 aromatic rings. The predicted octanol–water partition coefficient (Wildman–Crippen LogP) is 2.30. The van der Waals surface area contributed by atoms with E-state index in [1.807, 2.05) is 18.3 Å². The number of carbonyl (C=O) groups excluding carboxylic acids is 1. The minimum atomic E-state index is -0.302. The van der Waals surface area contributed by atoms with E-state index in [1.54, 1.807) is 19.2 Å². The van der Waals surface area contributed by atoms with Gasteiger partial charge in [-0.05, 0) is 29.7 Å². The standard InChI is InChI=1S/C19H23FN4O2/c1-26-18-6-5-15(11-21-18)12-24-8-7-17(13-24)23-19(25)22-10-14-3-2-4-16(20)9-14/h2-6,9,11,17H,7-8,10,12-13H2,1H3,(H2,22,23,25)/t17-/m1/s1. The smallest absolute Gasteiger partial charge is 0.315 e. The molecule has 1 saturated heterocycles. The Morgan fingerprint density at radius 3 is 2.96 bits per heavy atom. The second-order valence-corrected chi connectivity index (χ2v) is 6.39. The monoisotopic (exact) mass is 358 g/mol. The molecule has 26 heavy (non-hydrogen) atoms. The molecule has 0 bridgehead atoms. The molecule has 0 unspecified atom stereocenters. The van der Waals surface area contributed by atoms with Gasteiger partial charge in [-0.1, -0.05) is 18.2 Å². The number of amides is 2. The Morgan fingerprint density at radius 1 is 1.35 bits per heavy atom. The summed E-state index contributed by atoms with van der Waals surface area (Å²) in [5.74, 6) is 0.300. The Balaban J connectivity index is 1.41. The first-order valence-electron chi connectivity index (χ1n) is 8.62. The molecule has 2 amide bonds. The van der Waals surface area contributed by atoms with Gasteiger partial charge in [-0.15, -0.1) is 0 Å². The number of hydrogen-bond acceptors (Lipinski definition) is 4. The minimum absolute atomic E-state index is 0.105. The van der Waals surface area contributed by atoms with Gasteiger partial charge >= 0.3 is 6.03 Å². The Morgan fingerprint density at radius 2 is 2.23 bits per heavy atom. The molecule has 3 rings (SSSR count). The third kappa shape index (κ3) is 5.16. The molecular formula is C19H23FN4O2. The summed E-state index contributed by atoms with van der Waals surface area (Å²) < 4.78 is 18.2. The summed E-state index contributed by atoms with van der Waals surface area (Å²) >= 11 is 0. The fourth-order valence-electron chi connectivity index (χ4n) is 3.04. The highest BCUT2D eigenvalue weighted by Crippen LogP contribution is 2.14. The molecule has 0 saturated carbocycles. The van der Waals surface area contributed by atoms with Crippen molar-refractivity contribution in [2.24, 2.45) is 0 Å². The predicted molar refractivity (Wildman–Crippen MR) is 96.2 cm³/mol. The fraction of sp³-hybridized carbons (Fsp3) is 0.368. The molecule has 1 atom stereocenters. The van der Waals surface area contributed by atoms with Crippen molar-refractivity contribution in [1.29, 1.82) is 0 Å². The van der Waals surface area contributed by atoms with E-state index in [-0.39, 0.29) is 17.9 Å². The van der Waals surface area contributed by atoms with Crippen molar-refractivity contribution in [3.05, 3.63) is 59.5 Å². The Bertz CT molecular complexity index is 739. The van der Waals surface area contributed by atoms with Gasteiger partial charge in [0.05, 0.1) is 7.11 Å². The number of methoxy groups -OCH3 is 1. The molecule has 1 aromatic heterocycles. The van der Waals surface area contributed by atoms with Crippen LogP contribution >= 0.6 is 0 Å². The number of halogens is 1. The average Bonchev–Trinajstić information content (AvgIpc) is 3.07. The minimum Gasteiger partial charge on any atom is -0.481 e. The van der Waals surface area contributed by atoms with Gasteiger partial charge in [0.2, 0.25) is 5.88 Å². The van der Waals surface area contributed by atoms with E-state index in [0.29, 0.717) is 12.4 Å². The topological polar surface area (TPSA) is 66.5 Å². The Kier molecular flexibility index (Phi) is 6.01. The molecule has 1 aliphatic heterocycles. The molecule has 0 aliphatic carbocycles. The van der Waals surface area contributed by atoms with Gasteiger partial charge < -0.3 is 15.4 Å². The number of ether oxygens (including phenoxy) is 1. The van der Waals surface area contributed by atoms with Gasteiger partial charge in [-0.3, -0.25) is 4.90 Å². The molecule has 6 nitrogen and oxygen atoms in total. The van der Waals surface area contributed by atoms with Gasteiger partial charge in [0.25, 0.3) is 0 Å². The molecule has 0 radical (unpaired) electrons.